The highest BCUT2D eigenvalue weighted by Crippen LogP contribution is 2.22. The van der Waals surface area contributed by atoms with Crippen molar-refractivity contribution in [1.29, 1.82) is 0 Å². The quantitative estimate of drug-likeness (QED) is 0.744. The van der Waals surface area contributed by atoms with Gasteiger partial charge in [0.05, 0.1) is 11.4 Å². The van der Waals surface area contributed by atoms with E-state index in [2.05, 4.69) is 10.9 Å². The molecular weight excluding hydrogens is 378 g/mol. The fourth-order valence-electron chi connectivity index (χ4n) is 3.13. The second kappa shape index (κ2) is 8.12. The Bertz CT molecular complexity index is 1000. The monoisotopic (exact) mass is 401 g/mol. The van der Waals surface area contributed by atoms with Crippen LogP contribution in [-0.4, -0.2) is 38.1 Å². The van der Waals surface area contributed by atoms with Gasteiger partial charge < -0.3 is 0 Å². The number of hydrogen-bond acceptors (Lipinski definition) is 4. The maximum Gasteiger partial charge on any atom is 0.269 e. The summed E-state index contributed by atoms with van der Waals surface area (Å²) in [4.78, 5) is 24.4. The van der Waals surface area contributed by atoms with Crippen molar-refractivity contribution in [3.05, 3.63) is 64.7 Å². The SMILES string of the molecule is Cc1ccc(S(=O)(=O)N(C)CC(=O)NNC(=O)c2ccc3c(c2)CCC3)cc1. The predicted octanol–water partition coefficient (Wildman–Crippen LogP) is 1.57. The lowest BCUT2D eigenvalue weighted by molar-refractivity contribution is -0.121. The van der Waals surface area contributed by atoms with Crippen LogP contribution in [0.25, 0.3) is 0 Å². The minimum absolute atomic E-state index is 0.107. The van der Waals surface area contributed by atoms with Gasteiger partial charge in [-0.15, -0.1) is 0 Å². The molecule has 2 amide bonds. The van der Waals surface area contributed by atoms with Gasteiger partial charge in [-0.25, -0.2) is 8.42 Å². The molecule has 2 aromatic rings. The molecule has 0 bridgehead atoms. The maximum absolute atomic E-state index is 12.5. The standard InChI is InChI=1S/C20H23N3O4S/c1-14-6-10-18(11-7-14)28(26,27)23(2)13-19(24)21-22-20(25)17-9-8-15-4-3-5-16(15)12-17/h6-12H,3-5,13H2,1-2H3,(H,21,24)(H,22,25). The number of rotatable bonds is 5. The van der Waals surface area contributed by atoms with E-state index in [0.29, 0.717) is 5.56 Å². The zero-order valence-corrected chi connectivity index (χ0v) is 16.7. The molecule has 0 saturated carbocycles. The van der Waals surface area contributed by atoms with Crippen molar-refractivity contribution in [2.24, 2.45) is 0 Å². The summed E-state index contributed by atoms with van der Waals surface area (Å²) in [5.74, 6) is -1.07. The van der Waals surface area contributed by atoms with Crippen LogP contribution in [0.15, 0.2) is 47.4 Å². The topological polar surface area (TPSA) is 95.6 Å². The van der Waals surface area contributed by atoms with Gasteiger partial charge in [0.2, 0.25) is 10.0 Å². The van der Waals surface area contributed by atoms with E-state index in [4.69, 9.17) is 0 Å². The van der Waals surface area contributed by atoms with Gasteiger partial charge >= 0.3 is 0 Å². The molecule has 0 aliphatic heterocycles. The Morgan fingerprint density at radius 1 is 1.00 bits per heavy atom. The minimum Gasteiger partial charge on any atom is -0.272 e. The number of likely N-dealkylation sites (N-methyl/N-ethyl adjacent to an activating group) is 1. The highest BCUT2D eigenvalue weighted by atomic mass is 32.2. The molecule has 0 fully saturated rings. The number of aryl methyl sites for hydroxylation is 3. The summed E-state index contributed by atoms with van der Waals surface area (Å²) in [6.07, 6.45) is 3.05. The van der Waals surface area contributed by atoms with E-state index in [0.717, 1.165) is 34.7 Å². The summed E-state index contributed by atoms with van der Waals surface area (Å²) < 4.78 is 26.0. The summed E-state index contributed by atoms with van der Waals surface area (Å²) in [5, 5.41) is 0. The molecule has 8 heteroatoms. The van der Waals surface area contributed by atoms with E-state index in [1.807, 2.05) is 19.1 Å². The summed E-state index contributed by atoms with van der Waals surface area (Å²) >= 11 is 0. The molecular formula is C20H23N3O4S. The number of carbonyl (C=O) groups excluding carboxylic acids is 2. The zero-order chi connectivity index (χ0) is 20.3. The number of sulfonamides is 1. The molecule has 3 rings (SSSR count). The number of nitrogens with one attached hydrogen (secondary N) is 2. The molecule has 2 aromatic carbocycles. The summed E-state index contributed by atoms with van der Waals surface area (Å²) in [5.41, 5.74) is 8.41. The maximum atomic E-state index is 12.5. The average molecular weight is 401 g/mol. The van der Waals surface area contributed by atoms with Crippen LogP contribution in [0.1, 0.15) is 33.5 Å². The number of nitrogens with zero attached hydrogens (tertiary/aromatic N) is 1. The fourth-order valence-corrected chi connectivity index (χ4v) is 4.26. The molecule has 7 nitrogen and oxygen atoms in total. The number of carbonyl (C=O) groups is 2. The molecule has 2 N–H and O–H groups in total. The van der Waals surface area contributed by atoms with Crippen molar-refractivity contribution in [3.8, 4) is 0 Å². The lowest BCUT2D eigenvalue weighted by Gasteiger charge is -2.17. The third-order valence-corrected chi connectivity index (χ3v) is 6.59. The van der Waals surface area contributed by atoms with Crippen LogP contribution in [0.2, 0.25) is 0 Å². The van der Waals surface area contributed by atoms with Gasteiger partial charge in [0, 0.05) is 12.6 Å². The Labute approximate surface area is 164 Å². The molecule has 0 unspecified atom stereocenters. The van der Waals surface area contributed by atoms with E-state index >= 15 is 0 Å². The third kappa shape index (κ3) is 4.40. The highest BCUT2D eigenvalue weighted by molar-refractivity contribution is 7.89. The van der Waals surface area contributed by atoms with Crippen molar-refractivity contribution in [2.45, 2.75) is 31.1 Å². The molecule has 0 aromatic heterocycles. The molecule has 28 heavy (non-hydrogen) atoms. The van der Waals surface area contributed by atoms with Crippen LogP contribution in [0, 0.1) is 6.92 Å². The summed E-state index contributed by atoms with van der Waals surface area (Å²) in [6.45, 7) is 1.44. The number of benzene rings is 2. The molecule has 0 heterocycles. The molecule has 0 saturated heterocycles. The van der Waals surface area contributed by atoms with Crippen LogP contribution in [0.3, 0.4) is 0 Å². The van der Waals surface area contributed by atoms with Gasteiger partial charge in [0.15, 0.2) is 0 Å². The Kier molecular flexibility index (Phi) is 5.81. The van der Waals surface area contributed by atoms with E-state index < -0.39 is 28.4 Å². The highest BCUT2D eigenvalue weighted by Gasteiger charge is 2.23. The third-order valence-electron chi connectivity index (χ3n) is 4.77. The van der Waals surface area contributed by atoms with Gasteiger partial charge in [-0.2, -0.15) is 4.31 Å². The Morgan fingerprint density at radius 2 is 1.68 bits per heavy atom. The average Bonchev–Trinajstić information content (AvgIpc) is 3.14. The van der Waals surface area contributed by atoms with Crippen LogP contribution in [0.4, 0.5) is 0 Å². The van der Waals surface area contributed by atoms with Crippen molar-refractivity contribution in [2.75, 3.05) is 13.6 Å². The first-order valence-corrected chi connectivity index (χ1v) is 10.5. The first kappa shape index (κ1) is 20.0. The molecule has 0 radical (unpaired) electrons. The lowest BCUT2D eigenvalue weighted by Crippen LogP contribution is -2.46. The van der Waals surface area contributed by atoms with Crippen molar-refractivity contribution >= 4 is 21.8 Å². The number of fused-ring (bicyclic) bond motifs is 1. The Morgan fingerprint density at radius 3 is 2.39 bits per heavy atom. The fraction of sp³-hybridized carbons (Fsp3) is 0.300. The van der Waals surface area contributed by atoms with Crippen molar-refractivity contribution in [1.82, 2.24) is 15.2 Å². The number of hydrogen-bond donors (Lipinski definition) is 2. The summed E-state index contributed by atoms with van der Waals surface area (Å²) in [7, 11) is -2.47. The number of hydrazine groups is 1. The minimum atomic E-state index is -3.79. The normalized spacial score (nSPS) is 13.2. The molecule has 148 valence electrons. The smallest absolute Gasteiger partial charge is 0.269 e. The molecule has 1 aliphatic rings. The van der Waals surface area contributed by atoms with Gasteiger partial charge in [0.25, 0.3) is 11.8 Å². The largest absolute Gasteiger partial charge is 0.272 e. The first-order chi connectivity index (χ1) is 13.3. The van der Waals surface area contributed by atoms with Gasteiger partial charge in [-0.1, -0.05) is 23.8 Å². The summed E-state index contributed by atoms with van der Waals surface area (Å²) in [6, 6.07) is 11.9. The van der Waals surface area contributed by atoms with E-state index in [9.17, 15) is 18.0 Å². The van der Waals surface area contributed by atoms with E-state index in [1.165, 1.54) is 24.7 Å². The van der Waals surface area contributed by atoms with Gasteiger partial charge in [-0.05, 0) is 61.6 Å². The second-order valence-electron chi connectivity index (χ2n) is 6.91. The van der Waals surface area contributed by atoms with Crippen molar-refractivity contribution < 1.29 is 18.0 Å². The Balaban J connectivity index is 1.56. The second-order valence-corrected chi connectivity index (χ2v) is 8.96. The zero-order valence-electron chi connectivity index (χ0n) is 15.9. The van der Waals surface area contributed by atoms with Crippen LogP contribution >= 0.6 is 0 Å². The van der Waals surface area contributed by atoms with Gasteiger partial charge in [-0.3, -0.25) is 20.4 Å². The number of amides is 2. The first-order valence-electron chi connectivity index (χ1n) is 9.01. The molecule has 0 atom stereocenters. The van der Waals surface area contributed by atoms with Crippen LogP contribution in [-0.2, 0) is 27.7 Å². The van der Waals surface area contributed by atoms with Crippen LogP contribution < -0.4 is 10.9 Å². The van der Waals surface area contributed by atoms with Crippen LogP contribution in [0.5, 0.6) is 0 Å². The van der Waals surface area contributed by atoms with E-state index in [1.54, 1.807) is 18.2 Å². The predicted molar refractivity (Wildman–Crippen MR) is 105 cm³/mol. The molecule has 0 spiro atoms. The van der Waals surface area contributed by atoms with E-state index in [-0.39, 0.29) is 4.90 Å². The van der Waals surface area contributed by atoms with Gasteiger partial charge in [0.1, 0.15) is 0 Å². The Hall–Kier alpha value is -2.71. The lowest BCUT2D eigenvalue weighted by atomic mass is 10.1. The molecule has 1 aliphatic carbocycles. The van der Waals surface area contributed by atoms with Crippen molar-refractivity contribution in [3.63, 3.8) is 0 Å².